The van der Waals surface area contributed by atoms with Crippen LogP contribution in [0.3, 0.4) is 0 Å². The second kappa shape index (κ2) is 4.77. The van der Waals surface area contributed by atoms with Gasteiger partial charge in [-0.3, -0.25) is 0 Å². The molecule has 1 rings (SSSR count). The summed E-state index contributed by atoms with van der Waals surface area (Å²) < 4.78 is 0. The van der Waals surface area contributed by atoms with Crippen molar-refractivity contribution in [3.8, 4) is 0 Å². The number of allylic oxidation sites excluding steroid dienone is 4. The van der Waals surface area contributed by atoms with Crippen LogP contribution in [-0.4, -0.2) is 0 Å². The average molecular weight is 154 g/mol. The lowest BCUT2D eigenvalue weighted by molar-refractivity contribution is 1.96. The molecule has 0 aromatic rings. The third-order valence-electron chi connectivity index (χ3n) is 0.723. The Morgan fingerprint density at radius 2 is 1.33 bits per heavy atom. The third kappa shape index (κ3) is 3.49. The zero-order chi connectivity index (χ0) is 6.36. The van der Waals surface area contributed by atoms with E-state index in [1.165, 1.54) is 0 Å². The van der Waals surface area contributed by atoms with Crippen molar-refractivity contribution in [2.75, 3.05) is 0 Å². The molecule has 2 radical (unpaired) electrons. The molecule has 0 atom stereocenters. The fourth-order valence-corrected chi connectivity index (χ4v) is 1.39. The van der Waals surface area contributed by atoms with E-state index in [2.05, 4.69) is 5.08 Å². The SMILES string of the molecule is [C]1S\C=C/C=C\C=C/S1. The molecule has 0 bridgehead atoms. The van der Waals surface area contributed by atoms with Crippen molar-refractivity contribution in [3.05, 3.63) is 40.2 Å². The summed E-state index contributed by atoms with van der Waals surface area (Å²) in [7, 11) is 0. The van der Waals surface area contributed by atoms with Crippen molar-refractivity contribution >= 4 is 23.5 Å². The largest absolute Gasteiger partial charge is 0.123 e. The van der Waals surface area contributed by atoms with E-state index < -0.39 is 0 Å². The first-order chi connectivity index (χ1) is 4.50. The lowest BCUT2D eigenvalue weighted by atomic mass is 10.5. The van der Waals surface area contributed by atoms with Gasteiger partial charge in [0.15, 0.2) is 0 Å². The number of rotatable bonds is 0. The van der Waals surface area contributed by atoms with Crippen LogP contribution < -0.4 is 0 Å². The first-order valence-electron chi connectivity index (χ1n) is 2.55. The second-order valence-corrected chi connectivity index (χ2v) is 3.04. The molecule has 46 valence electrons. The van der Waals surface area contributed by atoms with Crippen LogP contribution in [0.4, 0.5) is 0 Å². The first-order valence-corrected chi connectivity index (χ1v) is 4.31. The Bertz CT molecular complexity index is 129. The Balaban J connectivity index is 2.45. The summed E-state index contributed by atoms with van der Waals surface area (Å²) in [5, 5.41) is 7.04. The van der Waals surface area contributed by atoms with Gasteiger partial charge in [-0.05, 0) is 10.8 Å². The van der Waals surface area contributed by atoms with Crippen molar-refractivity contribution in [2.45, 2.75) is 0 Å². The van der Waals surface area contributed by atoms with Crippen LogP contribution in [-0.2, 0) is 0 Å². The predicted molar refractivity (Wildman–Crippen MR) is 45.8 cm³/mol. The van der Waals surface area contributed by atoms with Crippen LogP contribution in [0.25, 0.3) is 0 Å². The summed E-state index contributed by atoms with van der Waals surface area (Å²) in [6, 6.07) is 0. The highest BCUT2D eigenvalue weighted by Gasteiger charge is 1.82. The molecule has 0 aromatic carbocycles. The Kier molecular flexibility index (Phi) is 3.72. The second-order valence-electron chi connectivity index (χ2n) is 1.36. The van der Waals surface area contributed by atoms with Crippen molar-refractivity contribution in [1.82, 2.24) is 0 Å². The molecule has 0 spiro atoms. The minimum atomic E-state index is 1.57. The van der Waals surface area contributed by atoms with Gasteiger partial charge in [-0.2, -0.15) is 0 Å². The van der Waals surface area contributed by atoms with E-state index in [4.69, 9.17) is 0 Å². The molecule has 0 aliphatic carbocycles. The first kappa shape index (κ1) is 7.03. The molecule has 0 saturated carbocycles. The maximum Gasteiger partial charge on any atom is 0.123 e. The Morgan fingerprint density at radius 3 is 1.89 bits per heavy atom. The summed E-state index contributed by atoms with van der Waals surface area (Å²) in [5.74, 6) is 0. The van der Waals surface area contributed by atoms with Gasteiger partial charge in [0.25, 0.3) is 0 Å². The highest BCUT2D eigenvalue weighted by atomic mass is 32.2. The van der Waals surface area contributed by atoms with Crippen LogP contribution in [0.5, 0.6) is 0 Å². The maximum absolute atomic E-state index is 3.05. The fourth-order valence-electron chi connectivity index (χ4n) is 0.381. The molecular weight excluding hydrogens is 148 g/mol. The highest BCUT2D eigenvalue weighted by Crippen LogP contribution is 2.20. The predicted octanol–water partition coefficient (Wildman–Crippen LogP) is 3.05. The Hall–Kier alpha value is -0.0800. The lowest BCUT2D eigenvalue weighted by Crippen LogP contribution is -1.47. The van der Waals surface area contributed by atoms with Gasteiger partial charge < -0.3 is 0 Å². The maximum atomic E-state index is 3.05. The topological polar surface area (TPSA) is 0 Å². The van der Waals surface area contributed by atoms with E-state index in [0.717, 1.165) is 0 Å². The minimum absolute atomic E-state index is 1.57. The lowest BCUT2D eigenvalue weighted by Gasteiger charge is -1.83. The molecular formula is C7H6S2. The van der Waals surface area contributed by atoms with Crippen molar-refractivity contribution in [1.29, 1.82) is 0 Å². The molecule has 0 N–H and O–H groups in total. The zero-order valence-corrected chi connectivity index (χ0v) is 6.41. The van der Waals surface area contributed by atoms with E-state index in [1.807, 2.05) is 35.1 Å². The van der Waals surface area contributed by atoms with Crippen molar-refractivity contribution in [3.63, 3.8) is 0 Å². The van der Waals surface area contributed by atoms with Gasteiger partial charge in [0.2, 0.25) is 0 Å². The smallest absolute Gasteiger partial charge is 0.111 e. The van der Waals surface area contributed by atoms with Gasteiger partial charge >= 0.3 is 0 Å². The Morgan fingerprint density at radius 1 is 0.778 bits per heavy atom. The highest BCUT2D eigenvalue weighted by molar-refractivity contribution is 8.21. The third-order valence-corrected chi connectivity index (χ3v) is 2.08. The molecule has 0 nitrogen and oxygen atoms in total. The molecule has 1 heterocycles. The molecule has 0 unspecified atom stereocenters. The van der Waals surface area contributed by atoms with Gasteiger partial charge in [-0.15, -0.1) is 23.5 Å². The van der Waals surface area contributed by atoms with E-state index >= 15 is 0 Å². The fraction of sp³-hybridized carbons (Fsp3) is 0. The van der Waals surface area contributed by atoms with Gasteiger partial charge in [0, 0.05) is 0 Å². The van der Waals surface area contributed by atoms with Gasteiger partial charge in [0.1, 0.15) is 5.08 Å². The number of hydrogen-bond acceptors (Lipinski definition) is 2. The molecule has 0 aromatic heterocycles. The molecule has 0 amide bonds. The van der Waals surface area contributed by atoms with Crippen LogP contribution in [0.1, 0.15) is 0 Å². The minimum Gasteiger partial charge on any atom is -0.111 e. The summed E-state index contributed by atoms with van der Waals surface area (Å²) in [5.41, 5.74) is 0. The molecule has 1 aliphatic rings. The van der Waals surface area contributed by atoms with E-state index in [1.54, 1.807) is 23.5 Å². The summed E-state index contributed by atoms with van der Waals surface area (Å²) in [6.07, 6.45) is 7.98. The molecule has 9 heavy (non-hydrogen) atoms. The standard InChI is InChI=1S/C7H6S2/c1-2-4-6-9-7-8-5-3-1/h1-6H/b2-1-,5-3-,6-4-. The van der Waals surface area contributed by atoms with Crippen LogP contribution in [0.2, 0.25) is 0 Å². The monoisotopic (exact) mass is 154 g/mol. The normalized spacial score (nSPS) is 29.3. The van der Waals surface area contributed by atoms with Gasteiger partial charge in [0.05, 0.1) is 0 Å². The van der Waals surface area contributed by atoms with E-state index in [-0.39, 0.29) is 0 Å². The summed E-state index contributed by atoms with van der Waals surface area (Å²) in [4.78, 5) is 0. The number of thioether (sulfide) groups is 2. The molecule has 0 fully saturated rings. The average Bonchev–Trinajstić information content (AvgIpc) is 2.00. The van der Waals surface area contributed by atoms with E-state index in [9.17, 15) is 0 Å². The Labute approximate surface area is 64.1 Å². The molecule has 0 saturated heterocycles. The quantitative estimate of drug-likeness (QED) is 0.526. The summed E-state index contributed by atoms with van der Waals surface area (Å²) in [6.45, 7) is 0. The van der Waals surface area contributed by atoms with Crippen LogP contribution in [0, 0.1) is 5.08 Å². The van der Waals surface area contributed by atoms with Crippen LogP contribution >= 0.6 is 23.5 Å². The van der Waals surface area contributed by atoms with Gasteiger partial charge in [-0.25, -0.2) is 0 Å². The van der Waals surface area contributed by atoms with Crippen molar-refractivity contribution in [2.24, 2.45) is 0 Å². The molecule has 1 aliphatic heterocycles. The summed E-state index contributed by atoms with van der Waals surface area (Å²) >= 11 is 3.14. The van der Waals surface area contributed by atoms with Gasteiger partial charge in [-0.1, -0.05) is 24.3 Å². The zero-order valence-electron chi connectivity index (χ0n) is 4.78. The van der Waals surface area contributed by atoms with E-state index in [0.29, 0.717) is 0 Å². The van der Waals surface area contributed by atoms with Crippen LogP contribution in [0.15, 0.2) is 35.1 Å². The van der Waals surface area contributed by atoms with Crippen molar-refractivity contribution < 1.29 is 0 Å². The molecule has 2 heteroatoms. The number of hydrogen-bond donors (Lipinski definition) is 0.